The highest BCUT2D eigenvalue weighted by molar-refractivity contribution is 14.0. The number of benzene rings is 1. The van der Waals surface area contributed by atoms with Gasteiger partial charge < -0.3 is 10.6 Å². The van der Waals surface area contributed by atoms with E-state index in [0.717, 1.165) is 40.3 Å². The zero-order chi connectivity index (χ0) is 18.4. The predicted octanol–water partition coefficient (Wildman–Crippen LogP) is 3.85. The normalized spacial score (nSPS) is 11.2. The van der Waals surface area contributed by atoms with Gasteiger partial charge in [-0.05, 0) is 44.4 Å². The molecule has 0 atom stereocenters. The van der Waals surface area contributed by atoms with E-state index < -0.39 is 0 Å². The monoisotopic (exact) mass is 537 g/mol. The van der Waals surface area contributed by atoms with E-state index in [1.165, 1.54) is 11.6 Å². The van der Waals surface area contributed by atoms with E-state index in [4.69, 9.17) is 0 Å². The summed E-state index contributed by atoms with van der Waals surface area (Å²) in [5, 5.41) is 11.0. The van der Waals surface area contributed by atoms with Gasteiger partial charge in [0.05, 0.1) is 5.69 Å². The van der Waals surface area contributed by atoms with Crippen LogP contribution < -0.4 is 10.6 Å². The van der Waals surface area contributed by atoms with Gasteiger partial charge >= 0.3 is 0 Å². The average Bonchev–Trinajstić information content (AvgIpc) is 2.81. The molecule has 0 unspecified atom stereocenters. The van der Waals surface area contributed by atoms with Crippen LogP contribution in [0.15, 0.2) is 27.7 Å². The molecule has 0 spiro atoms. The number of halogens is 3. The predicted molar refractivity (Wildman–Crippen MR) is 119 cm³/mol. The van der Waals surface area contributed by atoms with Gasteiger partial charge in [-0.2, -0.15) is 5.10 Å². The van der Waals surface area contributed by atoms with Crippen LogP contribution in [0.4, 0.5) is 4.39 Å². The van der Waals surface area contributed by atoms with Crippen LogP contribution in [0.3, 0.4) is 0 Å². The molecule has 0 bridgehead atoms. The lowest BCUT2D eigenvalue weighted by Crippen LogP contribution is -2.37. The number of guanidine groups is 1. The molecule has 0 saturated carbocycles. The second-order valence-corrected chi connectivity index (χ2v) is 6.88. The van der Waals surface area contributed by atoms with Gasteiger partial charge in [0, 0.05) is 42.9 Å². The standard InChI is InChI=1S/C18H25BrFN5.HI/c1-12-16(13(2)25(4)24-12)11-23-18(21-3)22-9-5-6-14-7-8-15(19)10-17(14)20;/h7-8,10H,5-6,9,11H2,1-4H3,(H2,21,22,23);1H. The molecule has 1 heterocycles. The first-order valence-corrected chi connectivity index (χ1v) is 9.09. The number of aliphatic imine (C=N–C) groups is 1. The van der Waals surface area contributed by atoms with Crippen LogP contribution in [0.25, 0.3) is 0 Å². The Morgan fingerprint density at radius 3 is 2.62 bits per heavy atom. The summed E-state index contributed by atoms with van der Waals surface area (Å²) < 4.78 is 16.4. The van der Waals surface area contributed by atoms with Gasteiger partial charge in [-0.25, -0.2) is 4.39 Å². The Morgan fingerprint density at radius 2 is 2.04 bits per heavy atom. The Labute approximate surface area is 180 Å². The minimum Gasteiger partial charge on any atom is -0.356 e. The van der Waals surface area contributed by atoms with Gasteiger partial charge in [-0.15, -0.1) is 24.0 Å². The van der Waals surface area contributed by atoms with Gasteiger partial charge in [0.1, 0.15) is 5.82 Å². The highest BCUT2D eigenvalue weighted by Gasteiger charge is 2.09. The summed E-state index contributed by atoms with van der Waals surface area (Å²) >= 11 is 3.27. The second-order valence-electron chi connectivity index (χ2n) is 5.96. The van der Waals surface area contributed by atoms with E-state index in [-0.39, 0.29) is 29.8 Å². The lowest BCUT2D eigenvalue weighted by molar-refractivity contribution is 0.601. The number of hydrogen-bond acceptors (Lipinski definition) is 2. The molecule has 0 aliphatic rings. The molecule has 0 radical (unpaired) electrons. The second kappa shape index (κ2) is 10.9. The molecule has 26 heavy (non-hydrogen) atoms. The molecule has 8 heteroatoms. The average molecular weight is 538 g/mol. The lowest BCUT2D eigenvalue weighted by Gasteiger charge is -2.12. The van der Waals surface area contributed by atoms with Crippen LogP contribution in [0, 0.1) is 19.7 Å². The Hall–Kier alpha value is -1.16. The molecular formula is C18H26BrFIN5. The summed E-state index contributed by atoms with van der Waals surface area (Å²) in [4.78, 5) is 4.23. The van der Waals surface area contributed by atoms with Crippen molar-refractivity contribution >= 4 is 45.9 Å². The molecule has 2 N–H and O–H groups in total. The summed E-state index contributed by atoms with van der Waals surface area (Å²) in [6.07, 6.45) is 1.51. The summed E-state index contributed by atoms with van der Waals surface area (Å²) in [6.45, 7) is 5.46. The first-order valence-electron chi connectivity index (χ1n) is 8.30. The van der Waals surface area contributed by atoms with Crippen LogP contribution in [0.5, 0.6) is 0 Å². The largest absolute Gasteiger partial charge is 0.356 e. The fraction of sp³-hybridized carbons (Fsp3) is 0.444. The molecule has 0 aliphatic heterocycles. The Kier molecular flexibility index (Phi) is 9.56. The van der Waals surface area contributed by atoms with Gasteiger partial charge in [-0.3, -0.25) is 9.67 Å². The van der Waals surface area contributed by atoms with E-state index >= 15 is 0 Å². The molecule has 1 aromatic carbocycles. The first kappa shape index (κ1) is 22.9. The topological polar surface area (TPSA) is 54.2 Å². The van der Waals surface area contributed by atoms with Crippen molar-refractivity contribution in [1.82, 2.24) is 20.4 Å². The van der Waals surface area contributed by atoms with Crippen LogP contribution in [-0.2, 0) is 20.0 Å². The highest BCUT2D eigenvalue weighted by Crippen LogP contribution is 2.16. The quantitative estimate of drug-likeness (QED) is 0.255. The fourth-order valence-corrected chi connectivity index (χ4v) is 3.01. The maximum Gasteiger partial charge on any atom is 0.191 e. The minimum atomic E-state index is -0.167. The number of hydrogen-bond donors (Lipinski definition) is 2. The Balaban J connectivity index is 0.00000338. The molecule has 2 aromatic rings. The van der Waals surface area contributed by atoms with Gasteiger partial charge in [0.25, 0.3) is 0 Å². The van der Waals surface area contributed by atoms with Crippen LogP contribution in [-0.4, -0.2) is 29.3 Å². The summed E-state index contributed by atoms with van der Waals surface area (Å²) in [7, 11) is 3.69. The van der Waals surface area contributed by atoms with Crippen LogP contribution in [0.2, 0.25) is 0 Å². The fourth-order valence-electron chi connectivity index (χ4n) is 2.68. The number of rotatable bonds is 6. The molecule has 0 aliphatic carbocycles. The molecule has 5 nitrogen and oxygen atoms in total. The molecule has 0 amide bonds. The Morgan fingerprint density at radius 1 is 1.31 bits per heavy atom. The van der Waals surface area contributed by atoms with Gasteiger partial charge in [-0.1, -0.05) is 22.0 Å². The number of nitrogens with zero attached hydrogens (tertiary/aromatic N) is 3. The lowest BCUT2D eigenvalue weighted by atomic mass is 10.1. The molecule has 1 aromatic heterocycles. The number of aryl methyl sites for hydroxylation is 3. The van der Waals surface area contributed by atoms with E-state index in [9.17, 15) is 4.39 Å². The van der Waals surface area contributed by atoms with Crippen molar-refractivity contribution in [1.29, 1.82) is 0 Å². The zero-order valence-electron chi connectivity index (χ0n) is 15.6. The van der Waals surface area contributed by atoms with Gasteiger partial charge in [0.2, 0.25) is 0 Å². The maximum atomic E-state index is 13.8. The number of nitrogens with one attached hydrogen (secondary N) is 2. The van der Waals surface area contributed by atoms with Crippen molar-refractivity contribution in [2.75, 3.05) is 13.6 Å². The van der Waals surface area contributed by atoms with Crippen molar-refractivity contribution in [2.45, 2.75) is 33.2 Å². The van der Waals surface area contributed by atoms with Crippen molar-refractivity contribution in [3.05, 3.63) is 51.0 Å². The van der Waals surface area contributed by atoms with E-state index in [1.807, 2.05) is 30.8 Å². The molecule has 2 rings (SSSR count). The van der Waals surface area contributed by atoms with Gasteiger partial charge in [0.15, 0.2) is 5.96 Å². The van der Waals surface area contributed by atoms with Crippen molar-refractivity contribution in [2.24, 2.45) is 12.0 Å². The molecular weight excluding hydrogens is 512 g/mol. The third-order valence-electron chi connectivity index (χ3n) is 4.25. The third-order valence-corrected chi connectivity index (χ3v) is 4.74. The van der Waals surface area contributed by atoms with Crippen molar-refractivity contribution < 1.29 is 4.39 Å². The van der Waals surface area contributed by atoms with E-state index in [2.05, 4.69) is 43.6 Å². The Bertz CT molecular complexity index is 760. The van der Waals surface area contributed by atoms with E-state index in [1.54, 1.807) is 7.05 Å². The van der Waals surface area contributed by atoms with Crippen molar-refractivity contribution in [3.8, 4) is 0 Å². The highest BCUT2D eigenvalue weighted by atomic mass is 127. The first-order chi connectivity index (χ1) is 11.9. The van der Waals surface area contributed by atoms with E-state index in [0.29, 0.717) is 13.0 Å². The minimum absolute atomic E-state index is 0. The smallest absolute Gasteiger partial charge is 0.191 e. The molecule has 0 saturated heterocycles. The summed E-state index contributed by atoms with van der Waals surface area (Å²) in [6, 6.07) is 5.19. The number of aromatic nitrogens is 2. The zero-order valence-corrected chi connectivity index (χ0v) is 19.5. The summed E-state index contributed by atoms with van der Waals surface area (Å²) in [5.41, 5.74) is 4.08. The van der Waals surface area contributed by atoms with Crippen molar-refractivity contribution in [3.63, 3.8) is 0 Å². The molecule has 144 valence electrons. The summed E-state index contributed by atoms with van der Waals surface area (Å²) in [5.74, 6) is 0.568. The van der Waals surface area contributed by atoms with Crippen LogP contribution in [0.1, 0.15) is 28.9 Å². The van der Waals surface area contributed by atoms with Crippen LogP contribution >= 0.6 is 39.9 Å². The molecule has 0 fully saturated rings. The maximum absolute atomic E-state index is 13.8. The SMILES string of the molecule is CN=C(NCCCc1ccc(Br)cc1F)NCc1c(C)nn(C)c1C.I. The third kappa shape index (κ3) is 6.22.